The van der Waals surface area contributed by atoms with Gasteiger partial charge in [-0.25, -0.2) is 0 Å². The summed E-state index contributed by atoms with van der Waals surface area (Å²) in [5.41, 5.74) is 2.25. The highest BCUT2D eigenvalue weighted by atomic mass is 79.9. The van der Waals surface area contributed by atoms with Gasteiger partial charge in [0.05, 0.1) is 6.04 Å². The third-order valence-electron chi connectivity index (χ3n) is 3.43. The van der Waals surface area contributed by atoms with Crippen molar-refractivity contribution in [1.82, 2.24) is 5.32 Å². The molecule has 24 heavy (non-hydrogen) atoms. The average molecular weight is 392 g/mol. The number of rotatable bonds is 7. The van der Waals surface area contributed by atoms with Crippen LogP contribution in [0.3, 0.4) is 0 Å². The van der Waals surface area contributed by atoms with Crippen LogP contribution in [0.2, 0.25) is 0 Å². The maximum Gasteiger partial charge on any atom is 0.258 e. The molecule has 0 fully saturated rings. The van der Waals surface area contributed by atoms with Gasteiger partial charge in [0.25, 0.3) is 5.91 Å². The van der Waals surface area contributed by atoms with Gasteiger partial charge in [-0.3, -0.25) is 4.79 Å². The van der Waals surface area contributed by atoms with E-state index >= 15 is 0 Å². The van der Waals surface area contributed by atoms with Gasteiger partial charge in [-0.15, -0.1) is 0 Å². The molecule has 0 aliphatic rings. The van der Waals surface area contributed by atoms with Gasteiger partial charge < -0.3 is 14.8 Å². The second-order valence-corrected chi connectivity index (χ2v) is 6.65. The van der Waals surface area contributed by atoms with Crippen molar-refractivity contribution in [1.29, 1.82) is 0 Å². The number of nitrogens with one attached hydrogen (secondary N) is 1. The Labute approximate surface area is 151 Å². The van der Waals surface area contributed by atoms with E-state index in [-0.39, 0.29) is 18.6 Å². The van der Waals surface area contributed by atoms with Crippen molar-refractivity contribution in [2.45, 2.75) is 26.8 Å². The number of hydrogen-bond acceptors (Lipinski definition) is 3. The fourth-order valence-corrected chi connectivity index (χ4v) is 2.32. The zero-order valence-corrected chi connectivity index (χ0v) is 15.7. The summed E-state index contributed by atoms with van der Waals surface area (Å²) < 4.78 is 12.2. The molecule has 0 aliphatic heterocycles. The zero-order valence-electron chi connectivity index (χ0n) is 14.1. The summed E-state index contributed by atoms with van der Waals surface area (Å²) in [6, 6.07) is 13.3. The van der Waals surface area contributed by atoms with E-state index in [0.29, 0.717) is 12.4 Å². The lowest BCUT2D eigenvalue weighted by molar-refractivity contribution is -0.123. The van der Waals surface area contributed by atoms with Crippen molar-refractivity contribution < 1.29 is 14.3 Å². The summed E-state index contributed by atoms with van der Waals surface area (Å²) in [4.78, 5) is 11.9. The minimum atomic E-state index is -0.171. The number of hydrogen-bond donors (Lipinski definition) is 1. The maximum absolute atomic E-state index is 11.9. The van der Waals surface area contributed by atoms with Gasteiger partial charge in [-0.1, -0.05) is 33.6 Å². The highest BCUT2D eigenvalue weighted by Gasteiger charge is 2.09. The molecule has 5 heteroatoms. The summed E-state index contributed by atoms with van der Waals surface area (Å²) in [5.74, 6) is 1.30. The van der Waals surface area contributed by atoms with Gasteiger partial charge in [-0.2, -0.15) is 0 Å². The Morgan fingerprint density at radius 3 is 2.42 bits per heavy atom. The first-order valence-electron chi connectivity index (χ1n) is 7.82. The highest BCUT2D eigenvalue weighted by molar-refractivity contribution is 9.10. The molecule has 4 nitrogen and oxygen atoms in total. The molecule has 2 aromatic rings. The van der Waals surface area contributed by atoms with Crippen molar-refractivity contribution in [3.05, 3.63) is 58.1 Å². The smallest absolute Gasteiger partial charge is 0.258 e. The van der Waals surface area contributed by atoms with E-state index in [0.717, 1.165) is 15.8 Å². The first-order chi connectivity index (χ1) is 11.4. The maximum atomic E-state index is 11.9. The van der Waals surface area contributed by atoms with Gasteiger partial charge in [0.1, 0.15) is 18.1 Å². The van der Waals surface area contributed by atoms with Crippen molar-refractivity contribution >= 4 is 21.8 Å². The Morgan fingerprint density at radius 2 is 1.75 bits per heavy atom. The minimum absolute atomic E-state index is 0.0179. The lowest BCUT2D eigenvalue weighted by atomic mass is 10.2. The van der Waals surface area contributed by atoms with E-state index in [2.05, 4.69) is 21.2 Å². The number of carbonyl (C=O) groups excluding carboxylic acids is 1. The SMILES string of the molecule is Cc1ccc(OC[C@@H](C)NC(=O)COc2ccc(Br)c(C)c2)cc1. The van der Waals surface area contributed by atoms with Crippen LogP contribution in [0.5, 0.6) is 11.5 Å². The third kappa shape index (κ3) is 5.89. The van der Waals surface area contributed by atoms with Gasteiger partial charge >= 0.3 is 0 Å². The lowest BCUT2D eigenvalue weighted by Crippen LogP contribution is -2.39. The molecule has 0 bridgehead atoms. The van der Waals surface area contributed by atoms with Crippen molar-refractivity contribution in [2.24, 2.45) is 0 Å². The van der Waals surface area contributed by atoms with Crippen LogP contribution in [-0.2, 0) is 4.79 Å². The van der Waals surface area contributed by atoms with Crippen LogP contribution in [0.4, 0.5) is 0 Å². The molecule has 1 atom stereocenters. The molecule has 0 aromatic heterocycles. The largest absolute Gasteiger partial charge is 0.491 e. The van der Waals surface area contributed by atoms with Crippen LogP contribution in [-0.4, -0.2) is 25.2 Å². The molecule has 0 aliphatic carbocycles. The van der Waals surface area contributed by atoms with E-state index in [1.165, 1.54) is 5.56 Å². The average Bonchev–Trinajstić information content (AvgIpc) is 2.55. The van der Waals surface area contributed by atoms with Crippen LogP contribution >= 0.6 is 15.9 Å². The van der Waals surface area contributed by atoms with Crippen LogP contribution in [0.1, 0.15) is 18.1 Å². The molecule has 128 valence electrons. The predicted molar refractivity (Wildman–Crippen MR) is 98.7 cm³/mol. The van der Waals surface area contributed by atoms with E-state index in [1.807, 2.05) is 63.2 Å². The molecule has 1 amide bonds. The number of amides is 1. The van der Waals surface area contributed by atoms with Gasteiger partial charge in [0.2, 0.25) is 0 Å². The number of aryl methyl sites for hydroxylation is 2. The Bertz CT molecular complexity index is 686. The van der Waals surface area contributed by atoms with Crippen molar-refractivity contribution in [2.75, 3.05) is 13.2 Å². The lowest BCUT2D eigenvalue weighted by Gasteiger charge is -2.15. The van der Waals surface area contributed by atoms with E-state index < -0.39 is 0 Å². The predicted octanol–water partition coefficient (Wildman–Crippen LogP) is 4.03. The summed E-state index contributed by atoms with van der Waals surface area (Å²) in [6.07, 6.45) is 0. The van der Waals surface area contributed by atoms with E-state index in [1.54, 1.807) is 0 Å². The molecule has 0 radical (unpaired) electrons. The molecule has 1 N–H and O–H groups in total. The standard InChI is InChI=1S/C19H22BrNO3/c1-13-4-6-16(7-5-13)23-11-15(3)21-19(22)12-24-17-8-9-18(20)14(2)10-17/h4-10,15H,11-12H2,1-3H3,(H,21,22)/t15-/m1/s1. The van der Waals surface area contributed by atoms with Gasteiger partial charge in [0.15, 0.2) is 6.61 Å². The summed E-state index contributed by atoms with van der Waals surface area (Å²) >= 11 is 3.43. The number of halogens is 1. The normalized spacial score (nSPS) is 11.7. The fraction of sp³-hybridized carbons (Fsp3) is 0.316. The Balaban J connectivity index is 1.72. The molecule has 0 saturated carbocycles. The second kappa shape index (κ2) is 8.73. The monoisotopic (exact) mass is 391 g/mol. The fourth-order valence-electron chi connectivity index (χ4n) is 2.07. The van der Waals surface area contributed by atoms with Crippen LogP contribution in [0.15, 0.2) is 46.9 Å². The summed E-state index contributed by atoms with van der Waals surface area (Å²) in [5, 5.41) is 2.86. The quantitative estimate of drug-likeness (QED) is 0.774. The molecule has 0 heterocycles. The molecule has 2 rings (SSSR count). The minimum Gasteiger partial charge on any atom is -0.491 e. The first-order valence-corrected chi connectivity index (χ1v) is 8.61. The number of ether oxygens (including phenoxy) is 2. The van der Waals surface area contributed by atoms with Crippen LogP contribution in [0.25, 0.3) is 0 Å². The molecule has 2 aromatic carbocycles. The van der Waals surface area contributed by atoms with E-state index in [9.17, 15) is 4.79 Å². The van der Waals surface area contributed by atoms with Crippen LogP contribution in [0, 0.1) is 13.8 Å². The van der Waals surface area contributed by atoms with Gasteiger partial charge in [-0.05, 0) is 56.7 Å². The highest BCUT2D eigenvalue weighted by Crippen LogP contribution is 2.21. The van der Waals surface area contributed by atoms with Crippen LogP contribution < -0.4 is 14.8 Å². The Morgan fingerprint density at radius 1 is 1.08 bits per heavy atom. The van der Waals surface area contributed by atoms with Crippen molar-refractivity contribution in [3.8, 4) is 11.5 Å². The topological polar surface area (TPSA) is 47.6 Å². The zero-order chi connectivity index (χ0) is 17.5. The molecule has 0 unspecified atom stereocenters. The van der Waals surface area contributed by atoms with E-state index in [4.69, 9.17) is 9.47 Å². The number of carbonyl (C=O) groups is 1. The number of benzene rings is 2. The summed E-state index contributed by atoms with van der Waals surface area (Å²) in [6.45, 7) is 6.29. The first kappa shape index (κ1) is 18.3. The Kier molecular flexibility index (Phi) is 6.67. The molecular weight excluding hydrogens is 370 g/mol. The molecule has 0 saturated heterocycles. The summed E-state index contributed by atoms with van der Waals surface area (Å²) in [7, 11) is 0. The molecular formula is C19H22BrNO3. The Hall–Kier alpha value is -2.01. The van der Waals surface area contributed by atoms with Crippen molar-refractivity contribution in [3.63, 3.8) is 0 Å². The second-order valence-electron chi connectivity index (χ2n) is 5.79. The third-order valence-corrected chi connectivity index (χ3v) is 4.32. The van der Waals surface area contributed by atoms with Gasteiger partial charge in [0, 0.05) is 4.47 Å². The molecule has 0 spiro atoms.